The summed E-state index contributed by atoms with van der Waals surface area (Å²) in [6.07, 6.45) is 4.66. The maximum atomic E-state index is 4.20. The fourth-order valence-electron chi connectivity index (χ4n) is 1.05. The summed E-state index contributed by atoms with van der Waals surface area (Å²) in [6, 6.07) is 0.720. The van der Waals surface area contributed by atoms with E-state index in [4.69, 9.17) is 0 Å². The van der Waals surface area contributed by atoms with Gasteiger partial charge in [-0.25, -0.2) is 0 Å². The first-order valence-electron chi connectivity index (χ1n) is 4.52. The molecule has 1 unspecified atom stereocenters. The molecular formula is C9H21NS2. The molecule has 0 bridgehead atoms. The van der Waals surface area contributed by atoms with E-state index in [1.165, 1.54) is 25.1 Å². The van der Waals surface area contributed by atoms with Crippen molar-refractivity contribution in [3.63, 3.8) is 0 Å². The molecule has 0 aliphatic heterocycles. The minimum absolute atomic E-state index is 0.720. The van der Waals surface area contributed by atoms with Crippen LogP contribution in [0.3, 0.4) is 0 Å². The first kappa shape index (κ1) is 12.7. The summed E-state index contributed by atoms with van der Waals surface area (Å²) in [5, 5.41) is 0. The van der Waals surface area contributed by atoms with E-state index in [-0.39, 0.29) is 0 Å². The number of hydrogen-bond acceptors (Lipinski definition) is 3. The second kappa shape index (κ2) is 8.27. The van der Waals surface area contributed by atoms with Gasteiger partial charge >= 0.3 is 0 Å². The molecule has 12 heavy (non-hydrogen) atoms. The van der Waals surface area contributed by atoms with E-state index in [1.807, 2.05) is 11.8 Å². The summed E-state index contributed by atoms with van der Waals surface area (Å²) in [7, 11) is 2.20. The van der Waals surface area contributed by atoms with Crippen molar-refractivity contribution >= 4 is 24.4 Å². The molecule has 0 aromatic rings. The van der Waals surface area contributed by atoms with Crippen LogP contribution >= 0.6 is 24.4 Å². The largest absolute Gasteiger partial charge is 0.304 e. The van der Waals surface area contributed by atoms with Crippen molar-refractivity contribution in [2.24, 2.45) is 0 Å². The minimum Gasteiger partial charge on any atom is -0.304 e. The average molecular weight is 207 g/mol. The Hall–Kier alpha value is 0.660. The Labute approximate surface area is 86.7 Å². The Morgan fingerprint density at radius 1 is 1.50 bits per heavy atom. The number of thioether (sulfide) groups is 1. The predicted octanol–water partition coefficient (Wildman–Crippen LogP) is 2.38. The van der Waals surface area contributed by atoms with Gasteiger partial charge in [0.25, 0.3) is 0 Å². The van der Waals surface area contributed by atoms with E-state index in [9.17, 15) is 0 Å². The highest BCUT2D eigenvalue weighted by atomic mass is 32.2. The monoisotopic (exact) mass is 207 g/mol. The SMILES string of the molecule is CSCCC(C)N(C)CCCS. The quantitative estimate of drug-likeness (QED) is 0.639. The Balaban J connectivity index is 3.39. The summed E-state index contributed by atoms with van der Waals surface area (Å²) in [4.78, 5) is 2.42. The van der Waals surface area contributed by atoms with Crippen LogP contribution in [0.4, 0.5) is 0 Å². The summed E-state index contributed by atoms with van der Waals surface area (Å²) < 4.78 is 0. The maximum Gasteiger partial charge on any atom is 0.00717 e. The number of thiol groups is 1. The zero-order valence-corrected chi connectivity index (χ0v) is 10.1. The summed E-state index contributed by atoms with van der Waals surface area (Å²) in [5.74, 6) is 2.27. The first-order valence-corrected chi connectivity index (χ1v) is 6.55. The van der Waals surface area contributed by atoms with Crippen LogP contribution in [0.5, 0.6) is 0 Å². The van der Waals surface area contributed by atoms with E-state index < -0.39 is 0 Å². The molecule has 0 aromatic carbocycles. The van der Waals surface area contributed by atoms with Crippen molar-refractivity contribution in [3.8, 4) is 0 Å². The first-order chi connectivity index (χ1) is 5.72. The van der Waals surface area contributed by atoms with E-state index in [0.29, 0.717) is 0 Å². The molecule has 0 fully saturated rings. The molecule has 0 saturated heterocycles. The van der Waals surface area contributed by atoms with Crippen molar-refractivity contribution in [3.05, 3.63) is 0 Å². The number of nitrogens with zero attached hydrogens (tertiary/aromatic N) is 1. The van der Waals surface area contributed by atoms with Crippen molar-refractivity contribution in [1.82, 2.24) is 4.90 Å². The van der Waals surface area contributed by atoms with E-state index in [2.05, 4.69) is 37.8 Å². The van der Waals surface area contributed by atoms with Crippen LogP contribution in [0, 0.1) is 0 Å². The third-order valence-corrected chi connectivity index (χ3v) is 3.12. The lowest BCUT2D eigenvalue weighted by Crippen LogP contribution is -2.30. The highest BCUT2D eigenvalue weighted by Crippen LogP contribution is 2.06. The van der Waals surface area contributed by atoms with Crippen molar-refractivity contribution in [2.75, 3.05) is 31.4 Å². The molecule has 0 aliphatic rings. The minimum atomic E-state index is 0.720. The lowest BCUT2D eigenvalue weighted by Gasteiger charge is -2.23. The second-order valence-electron chi connectivity index (χ2n) is 3.19. The van der Waals surface area contributed by atoms with Gasteiger partial charge in [-0.3, -0.25) is 0 Å². The van der Waals surface area contributed by atoms with Gasteiger partial charge in [-0.05, 0) is 51.1 Å². The van der Waals surface area contributed by atoms with Gasteiger partial charge < -0.3 is 4.90 Å². The Kier molecular flexibility index (Phi) is 8.72. The van der Waals surface area contributed by atoms with Crippen molar-refractivity contribution < 1.29 is 0 Å². The highest BCUT2D eigenvalue weighted by Gasteiger charge is 2.06. The molecule has 0 spiro atoms. The van der Waals surface area contributed by atoms with Crippen molar-refractivity contribution in [1.29, 1.82) is 0 Å². The van der Waals surface area contributed by atoms with E-state index in [0.717, 1.165) is 11.8 Å². The van der Waals surface area contributed by atoms with Gasteiger partial charge in [0.05, 0.1) is 0 Å². The third-order valence-electron chi connectivity index (χ3n) is 2.16. The van der Waals surface area contributed by atoms with Gasteiger partial charge in [-0.1, -0.05) is 0 Å². The molecule has 0 rings (SSSR count). The van der Waals surface area contributed by atoms with Crippen LogP contribution < -0.4 is 0 Å². The molecule has 0 aliphatic carbocycles. The van der Waals surface area contributed by atoms with Gasteiger partial charge in [-0.2, -0.15) is 24.4 Å². The van der Waals surface area contributed by atoms with E-state index in [1.54, 1.807) is 0 Å². The van der Waals surface area contributed by atoms with E-state index >= 15 is 0 Å². The Morgan fingerprint density at radius 2 is 2.17 bits per heavy atom. The zero-order chi connectivity index (χ0) is 9.40. The average Bonchev–Trinajstić information content (AvgIpc) is 2.10. The Bertz CT molecular complexity index is 86.5. The van der Waals surface area contributed by atoms with Crippen LogP contribution in [-0.2, 0) is 0 Å². The third kappa shape index (κ3) is 6.21. The molecule has 0 radical (unpaired) electrons. The second-order valence-corrected chi connectivity index (χ2v) is 4.62. The van der Waals surface area contributed by atoms with Gasteiger partial charge in [-0.15, -0.1) is 0 Å². The zero-order valence-electron chi connectivity index (χ0n) is 8.42. The molecule has 1 atom stereocenters. The van der Waals surface area contributed by atoms with Crippen LogP contribution in [0.15, 0.2) is 0 Å². The smallest absolute Gasteiger partial charge is 0.00717 e. The summed E-state index contributed by atoms with van der Waals surface area (Å²) >= 11 is 6.13. The molecule has 0 saturated carbocycles. The topological polar surface area (TPSA) is 3.24 Å². The van der Waals surface area contributed by atoms with Crippen molar-refractivity contribution in [2.45, 2.75) is 25.8 Å². The van der Waals surface area contributed by atoms with Crippen LogP contribution in [0.1, 0.15) is 19.8 Å². The lowest BCUT2D eigenvalue weighted by molar-refractivity contribution is 0.254. The molecule has 0 N–H and O–H groups in total. The standard InChI is InChI=1S/C9H21NS2/c1-9(5-8-12-3)10(2)6-4-7-11/h9,11H,4-8H2,1-3H3. The van der Waals surface area contributed by atoms with Gasteiger partial charge in [0, 0.05) is 6.04 Å². The molecule has 1 nitrogen and oxygen atoms in total. The normalized spacial score (nSPS) is 13.8. The molecule has 74 valence electrons. The summed E-state index contributed by atoms with van der Waals surface area (Å²) in [5.41, 5.74) is 0. The van der Waals surface area contributed by atoms with Gasteiger partial charge in [0.15, 0.2) is 0 Å². The fourth-order valence-corrected chi connectivity index (χ4v) is 1.77. The van der Waals surface area contributed by atoms with Crippen LogP contribution in [0.25, 0.3) is 0 Å². The van der Waals surface area contributed by atoms with Crippen LogP contribution in [-0.4, -0.2) is 42.3 Å². The summed E-state index contributed by atoms with van der Waals surface area (Å²) in [6.45, 7) is 3.48. The molecule has 0 heterocycles. The predicted molar refractivity (Wildman–Crippen MR) is 63.6 cm³/mol. The molecule has 0 amide bonds. The Morgan fingerprint density at radius 3 is 2.67 bits per heavy atom. The highest BCUT2D eigenvalue weighted by molar-refractivity contribution is 7.98. The molecule has 3 heteroatoms. The van der Waals surface area contributed by atoms with Crippen LogP contribution in [0.2, 0.25) is 0 Å². The fraction of sp³-hybridized carbons (Fsp3) is 1.00. The number of hydrogen-bond donors (Lipinski definition) is 1. The van der Waals surface area contributed by atoms with Gasteiger partial charge in [0.1, 0.15) is 0 Å². The number of rotatable bonds is 7. The maximum absolute atomic E-state index is 4.20. The lowest BCUT2D eigenvalue weighted by atomic mass is 10.2. The molecular weight excluding hydrogens is 186 g/mol. The van der Waals surface area contributed by atoms with Gasteiger partial charge in [0.2, 0.25) is 0 Å². The molecule has 0 aromatic heterocycles.